The van der Waals surface area contributed by atoms with Gasteiger partial charge in [0.25, 0.3) is 0 Å². The maximum atomic E-state index is 14.5. The Labute approximate surface area is 382 Å². The van der Waals surface area contributed by atoms with Crippen LogP contribution in [0.4, 0.5) is 0 Å². The van der Waals surface area contributed by atoms with Gasteiger partial charge in [-0.1, -0.05) is 6.07 Å². The largest absolute Gasteiger partial charge is 0.507 e. The lowest BCUT2D eigenvalue weighted by atomic mass is 9.97. The fourth-order valence-corrected chi connectivity index (χ4v) is 7.58. The van der Waals surface area contributed by atoms with Crippen LogP contribution in [0.1, 0.15) is 5.56 Å². The SMILES string of the molecule is COc1cc(/C=C/C(=O)O[C@H]2[C@H](O[C@H]3[C@H](Oc4c(-c5ccc(O)c(O)c5)oc5cc(O[C@@H]6O[C@@H](CO)[C@@H](O)[C@H](O)[C@H]6O)cc(O)c5c4=O)O[C@@H](CO)[C@@H](O)[C@@H]3O)O[C@H](CO)[C@@H](O)[C@@H]2O)ccc1O. The van der Waals surface area contributed by atoms with E-state index < -0.39 is 163 Å². The molecule has 4 heterocycles. The first-order valence-corrected chi connectivity index (χ1v) is 20.6. The van der Waals surface area contributed by atoms with Gasteiger partial charge in [-0.3, -0.25) is 4.79 Å². The first kappa shape index (κ1) is 50.0. The summed E-state index contributed by atoms with van der Waals surface area (Å²) >= 11 is 0. The molecular weight excluding hydrogens is 916 g/mol. The molecule has 0 unspecified atom stereocenters. The van der Waals surface area contributed by atoms with Crippen LogP contribution in [0.3, 0.4) is 0 Å². The molecule has 3 aliphatic heterocycles. The third-order valence-electron chi connectivity index (χ3n) is 11.3. The summed E-state index contributed by atoms with van der Waals surface area (Å²) in [6.07, 6.45) is -26.2. The summed E-state index contributed by atoms with van der Waals surface area (Å²) < 4.78 is 51.0. The molecular formula is C43H48O25. The van der Waals surface area contributed by atoms with E-state index in [0.29, 0.717) is 5.56 Å². The molecule has 1 aromatic heterocycles. The number of carbonyl (C=O) groups is 1. The highest BCUT2D eigenvalue weighted by atomic mass is 16.8. The van der Waals surface area contributed by atoms with E-state index in [1.54, 1.807) is 0 Å². The van der Waals surface area contributed by atoms with Crippen molar-refractivity contribution in [2.24, 2.45) is 0 Å². The number of hydrogen-bond acceptors (Lipinski definition) is 25. The smallest absolute Gasteiger partial charge is 0.331 e. The number of benzene rings is 3. The van der Waals surface area contributed by atoms with E-state index in [4.69, 9.17) is 42.3 Å². The van der Waals surface area contributed by atoms with E-state index in [9.17, 15) is 81.1 Å². The molecule has 25 heteroatoms. The predicted molar refractivity (Wildman–Crippen MR) is 222 cm³/mol. The van der Waals surface area contributed by atoms with Gasteiger partial charge in [0.15, 0.2) is 47.3 Å². The molecule has 0 radical (unpaired) electrons. The van der Waals surface area contributed by atoms with E-state index >= 15 is 0 Å². The van der Waals surface area contributed by atoms with Crippen LogP contribution in [-0.2, 0) is 28.5 Å². The van der Waals surface area contributed by atoms with Gasteiger partial charge in [-0.05, 0) is 42.0 Å². The lowest BCUT2D eigenvalue weighted by Gasteiger charge is -2.46. The van der Waals surface area contributed by atoms with Crippen LogP contribution in [0.15, 0.2) is 63.8 Å². The second-order valence-electron chi connectivity index (χ2n) is 15.7. The number of rotatable bonds is 14. The molecule has 14 N–H and O–H groups in total. The average molecular weight is 965 g/mol. The first-order chi connectivity index (χ1) is 32.4. The average Bonchev–Trinajstić information content (AvgIpc) is 3.32. The maximum Gasteiger partial charge on any atom is 0.331 e. The Morgan fingerprint density at radius 1 is 0.632 bits per heavy atom. The van der Waals surface area contributed by atoms with Gasteiger partial charge in [-0.15, -0.1) is 0 Å². The summed E-state index contributed by atoms with van der Waals surface area (Å²) in [5, 5.41) is 146. The molecule has 4 aromatic rings. The summed E-state index contributed by atoms with van der Waals surface area (Å²) in [6, 6.07) is 9.03. The van der Waals surface area contributed by atoms with Gasteiger partial charge >= 0.3 is 5.97 Å². The Morgan fingerprint density at radius 2 is 1.24 bits per heavy atom. The van der Waals surface area contributed by atoms with Gasteiger partial charge in [0.05, 0.1) is 26.9 Å². The van der Waals surface area contributed by atoms with Gasteiger partial charge in [0.1, 0.15) is 83.5 Å². The van der Waals surface area contributed by atoms with Crippen molar-refractivity contribution < 1.29 is 119 Å². The van der Waals surface area contributed by atoms with Crippen LogP contribution in [-0.4, -0.2) is 197 Å². The number of methoxy groups -OCH3 is 1. The summed E-state index contributed by atoms with van der Waals surface area (Å²) in [6.45, 7) is -2.72. The monoisotopic (exact) mass is 964 g/mol. The number of esters is 1. The number of ether oxygens (including phenoxy) is 8. The first-order valence-electron chi connectivity index (χ1n) is 20.6. The second kappa shape index (κ2) is 20.8. The molecule has 0 spiro atoms. The van der Waals surface area contributed by atoms with Crippen molar-refractivity contribution in [3.05, 3.63) is 70.4 Å². The third kappa shape index (κ3) is 9.98. The van der Waals surface area contributed by atoms with Crippen molar-refractivity contribution >= 4 is 23.0 Å². The number of fused-ring (bicyclic) bond motifs is 1. The van der Waals surface area contributed by atoms with Crippen LogP contribution in [0.2, 0.25) is 0 Å². The lowest BCUT2D eigenvalue weighted by molar-refractivity contribution is -0.358. The topological polar surface area (TPSA) is 404 Å². The van der Waals surface area contributed by atoms with Crippen molar-refractivity contribution in [3.63, 3.8) is 0 Å². The fraction of sp³-hybridized carbons (Fsp3) is 0.442. The van der Waals surface area contributed by atoms with Crippen molar-refractivity contribution in [2.75, 3.05) is 26.9 Å². The number of carbonyl (C=O) groups excluding carboxylic acids is 1. The molecule has 3 saturated heterocycles. The Kier molecular flexibility index (Phi) is 15.3. The minimum Gasteiger partial charge on any atom is -0.507 e. The maximum absolute atomic E-state index is 14.5. The summed E-state index contributed by atoms with van der Waals surface area (Å²) in [4.78, 5) is 27.7. The van der Waals surface area contributed by atoms with Crippen molar-refractivity contribution in [1.29, 1.82) is 0 Å². The minimum absolute atomic E-state index is 0.0689. The zero-order valence-corrected chi connectivity index (χ0v) is 35.3. The molecule has 25 nitrogen and oxygen atoms in total. The van der Waals surface area contributed by atoms with Gasteiger partial charge in [0, 0.05) is 23.8 Å². The zero-order chi connectivity index (χ0) is 49.3. The fourth-order valence-electron chi connectivity index (χ4n) is 7.58. The van der Waals surface area contributed by atoms with Gasteiger partial charge in [-0.2, -0.15) is 0 Å². The van der Waals surface area contributed by atoms with Crippen LogP contribution >= 0.6 is 0 Å². The molecule has 0 aliphatic carbocycles. The van der Waals surface area contributed by atoms with Crippen molar-refractivity contribution in [3.8, 4) is 51.6 Å². The lowest BCUT2D eigenvalue weighted by Crippen LogP contribution is -2.65. The third-order valence-corrected chi connectivity index (χ3v) is 11.3. The molecule has 68 heavy (non-hydrogen) atoms. The summed E-state index contributed by atoms with van der Waals surface area (Å²) in [5.41, 5.74) is -1.56. The molecule has 0 bridgehead atoms. The Bertz CT molecular complexity index is 2510. The zero-order valence-electron chi connectivity index (χ0n) is 35.3. The van der Waals surface area contributed by atoms with E-state index in [1.165, 1.54) is 31.4 Å². The molecule has 7 rings (SSSR count). The van der Waals surface area contributed by atoms with Crippen LogP contribution < -0.4 is 19.6 Å². The molecule has 3 aliphatic rings. The highest BCUT2D eigenvalue weighted by Gasteiger charge is 2.53. The van der Waals surface area contributed by atoms with Crippen LogP contribution in [0.25, 0.3) is 28.4 Å². The van der Waals surface area contributed by atoms with E-state index in [2.05, 4.69) is 0 Å². The standard InChI is InChI=1S/C43H48O25/c1-60-22-8-15(2-5-19(22)48)3-7-27(51)66-39-34(57)30(53)25(13-45)64-42(39)68-40-35(58)31(54)26(14-46)65-43(40)67-38-32(55)28-21(50)10-17(61-41-36(59)33(56)29(52)24(12-44)63-41)11-23(28)62-37(38)16-4-6-18(47)20(49)9-16/h2-11,24-26,29-31,33-36,39-50,52-54,56-59H,12-14H2,1H3/b7-3+/t24-,25+,26-,29+,30+,31+,33-,34-,35-,36+,39+,40+,41+,42-,43-/m0/s1. The number of phenols is 4. The number of aliphatic hydroxyl groups is 10. The second-order valence-corrected chi connectivity index (χ2v) is 15.7. The highest BCUT2D eigenvalue weighted by Crippen LogP contribution is 2.41. The van der Waals surface area contributed by atoms with E-state index in [-0.39, 0.29) is 22.8 Å². The normalized spacial score (nSPS) is 32.0. The Morgan fingerprint density at radius 3 is 1.87 bits per heavy atom. The Hall–Kier alpha value is -5.88. The Balaban J connectivity index is 1.26. The van der Waals surface area contributed by atoms with Gasteiger partial charge in [-0.25, -0.2) is 4.79 Å². The van der Waals surface area contributed by atoms with E-state index in [0.717, 1.165) is 36.4 Å². The van der Waals surface area contributed by atoms with Crippen LogP contribution in [0, 0.1) is 0 Å². The van der Waals surface area contributed by atoms with Gasteiger partial charge in [0.2, 0.25) is 23.8 Å². The predicted octanol–water partition coefficient (Wildman–Crippen LogP) is -3.26. The van der Waals surface area contributed by atoms with Crippen molar-refractivity contribution in [2.45, 2.75) is 92.1 Å². The molecule has 0 saturated carbocycles. The van der Waals surface area contributed by atoms with Gasteiger partial charge < -0.3 is 114 Å². The minimum atomic E-state index is -2.16. The number of phenolic OH excluding ortho intramolecular Hbond substituents is 4. The molecule has 0 amide bonds. The molecule has 15 atom stereocenters. The summed E-state index contributed by atoms with van der Waals surface area (Å²) in [5.74, 6) is -5.36. The summed E-state index contributed by atoms with van der Waals surface area (Å²) in [7, 11) is 1.30. The van der Waals surface area contributed by atoms with E-state index in [1.807, 2.05) is 0 Å². The van der Waals surface area contributed by atoms with Crippen LogP contribution in [0.5, 0.6) is 40.2 Å². The van der Waals surface area contributed by atoms with Crippen molar-refractivity contribution in [1.82, 2.24) is 0 Å². The molecule has 3 aromatic carbocycles. The number of aromatic hydroxyl groups is 4. The quantitative estimate of drug-likeness (QED) is 0.0335. The number of aliphatic hydroxyl groups excluding tert-OH is 10. The number of hydrogen-bond donors (Lipinski definition) is 14. The molecule has 3 fully saturated rings. The highest BCUT2D eigenvalue weighted by molar-refractivity contribution is 5.89. The molecule has 370 valence electrons.